The second kappa shape index (κ2) is 9.36. The smallest absolute Gasteiger partial charge is 0.407 e. The van der Waals surface area contributed by atoms with E-state index in [4.69, 9.17) is 14.5 Å². The fraction of sp³-hybridized carbons (Fsp3) is 0.667. The Hall–Kier alpha value is -2.77. The van der Waals surface area contributed by atoms with Gasteiger partial charge < -0.3 is 25.1 Å². The SMILES string of the molecule is COc1ccc(C(=O)NC2CCCC(NC(=O)OC(C)(C)C)C2)c2nc(C3CC4CCC3C4)[nH]c12. The Morgan fingerprint density at radius 2 is 1.80 bits per heavy atom. The Kier molecular flexibility index (Phi) is 6.40. The Morgan fingerprint density at radius 1 is 1.03 bits per heavy atom. The Labute approximate surface area is 206 Å². The molecule has 190 valence electrons. The molecule has 3 N–H and O–H groups in total. The van der Waals surface area contributed by atoms with E-state index in [0.717, 1.165) is 36.5 Å². The van der Waals surface area contributed by atoms with Gasteiger partial charge in [0.25, 0.3) is 5.91 Å². The molecule has 3 aliphatic carbocycles. The molecule has 8 nitrogen and oxygen atoms in total. The van der Waals surface area contributed by atoms with E-state index in [9.17, 15) is 9.59 Å². The van der Waals surface area contributed by atoms with Crippen LogP contribution >= 0.6 is 0 Å². The molecule has 5 unspecified atom stereocenters. The highest BCUT2D eigenvalue weighted by Crippen LogP contribution is 2.52. The van der Waals surface area contributed by atoms with E-state index in [2.05, 4.69) is 15.6 Å². The van der Waals surface area contributed by atoms with Crippen LogP contribution in [0.15, 0.2) is 12.1 Å². The molecule has 5 atom stereocenters. The molecule has 0 spiro atoms. The monoisotopic (exact) mass is 482 g/mol. The molecule has 1 aromatic heterocycles. The first-order chi connectivity index (χ1) is 16.7. The third kappa shape index (κ3) is 5.11. The van der Waals surface area contributed by atoms with Crippen LogP contribution in [0.2, 0.25) is 0 Å². The molecule has 1 aromatic carbocycles. The Balaban J connectivity index is 1.30. The number of carbonyl (C=O) groups excluding carboxylic acids is 2. The maximum absolute atomic E-state index is 13.4. The minimum Gasteiger partial charge on any atom is -0.494 e. The van der Waals surface area contributed by atoms with Crippen LogP contribution in [0.3, 0.4) is 0 Å². The van der Waals surface area contributed by atoms with Crippen molar-refractivity contribution in [2.24, 2.45) is 11.8 Å². The Morgan fingerprint density at radius 3 is 2.46 bits per heavy atom. The van der Waals surface area contributed by atoms with Crippen molar-refractivity contribution in [3.8, 4) is 5.75 Å². The van der Waals surface area contributed by atoms with Crippen LogP contribution in [0.5, 0.6) is 5.75 Å². The van der Waals surface area contributed by atoms with Crippen molar-refractivity contribution in [1.29, 1.82) is 0 Å². The lowest BCUT2D eigenvalue weighted by Gasteiger charge is -2.31. The third-order valence-electron chi connectivity index (χ3n) is 7.91. The number of nitrogens with zero attached hydrogens (tertiary/aromatic N) is 1. The summed E-state index contributed by atoms with van der Waals surface area (Å²) < 4.78 is 11.0. The summed E-state index contributed by atoms with van der Waals surface area (Å²) in [5, 5.41) is 6.16. The summed E-state index contributed by atoms with van der Waals surface area (Å²) in [6.45, 7) is 5.55. The summed E-state index contributed by atoms with van der Waals surface area (Å²) in [5.41, 5.74) is 1.51. The van der Waals surface area contributed by atoms with Gasteiger partial charge in [-0.05, 0) is 89.7 Å². The van der Waals surface area contributed by atoms with Gasteiger partial charge >= 0.3 is 6.09 Å². The van der Waals surface area contributed by atoms with Crippen LogP contribution in [-0.4, -0.2) is 46.8 Å². The van der Waals surface area contributed by atoms with E-state index >= 15 is 0 Å². The normalized spacial score (nSPS) is 28.2. The molecular formula is C27H38N4O4. The number of aromatic amines is 1. The number of alkyl carbamates (subject to hydrolysis) is 1. The molecule has 0 aliphatic heterocycles. The van der Waals surface area contributed by atoms with Gasteiger partial charge in [0.1, 0.15) is 28.2 Å². The summed E-state index contributed by atoms with van der Waals surface area (Å²) in [5.74, 6) is 3.52. The van der Waals surface area contributed by atoms with Gasteiger partial charge in [0.05, 0.1) is 12.7 Å². The number of carbonyl (C=O) groups is 2. The third-order valence-corrected chi connectivity index (χ3v) is 7.91. The lowest BCUT2D eigenvalue weighted by Crippen LogP contribution is -2.46. The van der Waals surface area contributed by atoms with Crippen molar-refractivity contribution in [1.82, 2.24) is 20.6 Å². The average molecular weight is 483 g/mol. The fourth-order valence-corrected chi connectivity index (χ4v) is 6.38. The van der Waals surface area contributed by atoms with Gasteiger partial charge in [0, 0.05) is 18.0 Å². The van der Waals surface area contributed by atoms with Crippen LogP contribution in [0.4, 0.5) is 4.79 Å². The standard InChI is InChI=1S/C27H38N4O4/c1-27(2,3)35-26(33)29-18-7-5-6-17(14-18)28-25(32)19-10-11-21(34-4)23-22(19)30-24(31-23)20-13-15-8-9-16(20)12-15/h10-11,15-18,20H,5-9,12-14H2,1-4H3,(H,28,32)(H,29,33)(H,30,31). The van der Waals surface area contributed by atoms with Crippen molar-refractivity contribution >= 4 is 23.0 Å². The van der Waals surface area contributed by atoms with Crippen molar-refractivity contribution in [2.75, 3.05) is 7.11 Å². The van der Waals surface area contributed by atoms with Crippen molar-refractivity contribution in [2.45, 2.75) is 95.7 Å². The molecule has 3 fully saturated rings. The van der Waals surface area contributed by atoms with Gasteiger partial charge in [-0.2, -0.15) is 0 Å². The fourth-order valence-electron chi connectivity index (χ4n) is 6.38. The van der Waals surface area contributed by atoms with E-state index in [-0.39, 0.29) is 18.0 Å². The number of imidazole rings is 1. The summed E-state index contributed by atoms with van der Waals surface area (Å²) in [6.07, 6.45) is 8.06. The first kappa shape index (κ1) is 23.9. The van der Waals surface area contributed by atoms with Gasteiger partial charge in [0.2, 0.25) is 0 Å². The number of H-pyrrole nitrogens is 1. The largest absolute Gasteiger partial charge is 0.494 e. The lowest BCUT2D eigenvalue weighted by atomic mass is 9.88. The number of hydrogen-bond acceptors (Lipinski definition) is 5. The number of nitrogens with one attached hydrogen (secondary N) is 3. The van der Waals surface area contributed by atoms with E-state index in [1.54, 1.807) is 13.2 Å². The molecule has 35 heavy (non-hydrogen) atoms. The minimum atomic E-state index is -0.535. The molecule has 1 heterocycles. The van der Waals surface area contributed by atoms with Crippen molar-refractivity contribution in [3.05, 3.63) is 23.5 Å². The van der Waals surface area contributed by atoms with E-state index in [1.165, 1.54) is 25.7 Å². The van der Waals surface area contributed by atoms with Gasteiger partial charge in [-0.15, -0.1) is 0 Å². The van der Waals surface area contributed by atoms with E-state index < -0.39 is 11.7 Å². The number of rotatable bonds is 5. The number of methoxy groups -OCH3 is 1. The van der Waals surface area contributed by atoms with Crippen molar-refractivity contribution < 1.29 is 19.1 Å². The number of fused-ring (bicyclic) bond motifs is 3. The maximum atomic E-state index is 13.4. The zero-order valence-corrected chi connectivity index (χ0v) is 21.3. The maximum Gasteiger partial charge on any atom is 0.407 e. The van der Waals surface area contributed by atoms with Gasteiger partial charge in [0.15, 0.2) is 0 Å². The average Bonchev–Trinajstić information content (AvgIpc) is 3.52. The zero-order valence-electron chi connectivity index (χ0n) is 21.3. The highest BCUT2D eigenvalue weighted by molar-refractivity contribution is 6.06. The first-order valence-electron chi connectivity index (χ1n) is 13.1. The summed E-state index contributed by atoms with van der Waals surface area (Å²) in [6, 6.07) is 3.61. The van der Waals surface area contributed by atoms with Crippen LogP contribution in [0.25, 0.3) is 11.0 Å². The lowest BCUT2D eigenvalue weighted by molar-refractivity contribution is 0.0489. The molecule has 2 aromatic rings. The van der Waals surface area contributed by atoms with Gasteiger partial charge in [-0.25, -0.2) is 9.78 Å². The van der Waals surface area contributed by atoms with Gasteiger partial charge in [-0.1, -0.05) is 6.42 Å². The number of hydrogen-bond donors (Lipinski definition) is 3. The van der Waals surface area contributed by atoms with E-state index in [0.29, 0.717) is 35.1 Å². The number of benzene rings is 1. The molecule has 8 heteroatoms. The van der Waals surface area contributed by atoms with Gasteiger partial charge in [-0.3, -0.25) is 4.79 Å². The summed E-state index contributed by atoms with van der Waals surface area (Å²) in [7, 11) is 1.65. The number of aromatic nitrogens is 2. The second-order valence-electron chi connectivity index (χ2n) is 11.6. The highest BCUT2D eigenvalue weighted by Gasteiger charge is 2.42. The molecule has 5 rings (SSSR count). The first-order valence-corrected chi connectivity index (χ1v) is 13.1. The molecule has 2 bridgehead atoms. The highest BCUT2D eigenvalue weighted by atomic mass is 16.6. The zero-order chi connectivity index (χ0) is 24.7. The number of ether oxygens (including phenoxy) is 2. The molecular weight excluding hydrogens is 444 g/mol. The molecule has 0 radical (unpaired) electrons. The topological polar surface area (TPSA) is 105 Å². The summed E-state index contributed by atoms with van der Waals surface area (Å²) >= 11 is 0. The predicted molar refractivity (Wildman–Crippen MR) is 134 cm³/mol. The predicted octanol–water partition coefficient (Wildman–Crippen LogP) is 5.04. The second-order valence-corrected chi connectivity index (χ2v) is 11.6. The van der Waals surface area contributed by atoms with Crippen LogP contribution in [-0.2, 0) is 4.74 Å². The Bertz CT molecular complexity index is 1100. The van der Waals surface area contributed by atoms with Crippen molar-refractivity contribution in [3.63, 3.8) is 0 Å². The van der Waals surface area contributed by atoms with E-state index in [1.807, 2.05) is 26.8 Å². The molecule has 2 amide bonds. The molecule has 0 saturated heterocycles. The quantitative estimate of drug-likeness (QED) is 0.554. The summed E-state index contributed by atoms with van der Waals surface area (Å²) in [4.78, 5) is 34.0. The minimum absolute atomic E-state index is 0.0164. The molecule has 3 saturated carbocycles. The number of amides is 2. The van der Waals surface area contributed by atoms with Crippen LogP contribution in [0, 0.1) is 11.8 Å². The molecule has 3 aliphatic rings. The van der Waals surface area contributed by atoms with Crippen LogP contribution in [0.1, 0.15) is 94.2 Å². The van der Waals surface area contributed by atoms with Crippen LogP contribution < -0.4 is 15.4 Å².